The van der Waals surface area contributed by atoms with Crippen molar-refractivity contribution in [1.29, 1.82) is 0 Å². The van der Waals surface area contributed by atoms with E-state index in [0.717, 1.165) is 19.4 Å². The smallest absolute Gasteiger partial charge is 0.256 e. The summed E-state index contributed by atoms with van der Waals surface area (Å²) in [7, 11) is 0. The summed E-state index contributed by atoms with van der Waals surface area (Å²) in [5.41, 5.74) is 1.68. The van der Waals surface area contributed by atoms with E-state index in [1.54, 1.807) is 48.5 Å². The Morgan fingerprint density at radius 1 is 0.844 bits per heavy atom. The van der Waals surface area contributed by atoms with Crippen molar-refractivity contribution >= 4 is 28.3 Å². The van der Waals surface area contributed by atoms with Crippen LogP contribution in [0.5, 0.6) is 0 Å². The first-order chi connectivity index (χ1) is 15.6. The molecule has 1 aliphatic heterocycles. The van der Waals surface area contributed by atoms with Crippen LogP contribution in [-0.2, 0) is 0 Å². The van der Waals surface area contributed by atoms with Gasteiger partial charge in [-0.05, 0) is 73.4 Å². The molecule has 2 fully saturated rings. The standard InChI is InChI=1S/C27H27FN2O2/c28-24-16-15-23(21-8-2-3-9-22(21)24)26(31)29-20-13-11-19(12-14-20)27(32)30-17-5-7-18-6-1-4-10-25(18)30/h2-3,8-9,11-16,18,25H,1,4-7,10,17H2,(H,29,31)/t18-,25-/m0/s1. The number of amides is 2. The van der Waals surface area contributed by atoms with Crippen LogP contribution in [0.2, 0.25) is 0 Å². The topological polar surface area (TPSA) is 49.4 Å². The van der Waals surface area contributed by atoms with E-state index in [4.69, 9.17) is 0 Å². The van der Waals surface area contributed by atoms with Gasteiger partial charge in [0.1, 0.15) is 5.82 Å². The third kappa shape index (κ3) is 3.88. The molecule has 1 aliphatic carbocycles. The average Bonchev–Trinajstić information content (AvgIpc) is 2.84. The van der Waals surface area contributed by atoms with Crippen molar-refractivity contribution in [3.8, 4) is 0 Å². The van der Waals surface area contributed by atoms with Gasteiger partial charge in [-0.1, -0.05) is 37.1 Å². The van der Waals surface area contributed by atoms with E-state index in [1.807, 2.05) is 0 Å². The Labute approximate surface area is 187 Å². The molecule has 164 valence electrons. The highest BCUT2D eigenvalue weighted by Gasteiger charge is 2.35. The van der Waals surface area contributed by atoms with Gasteiger partial charge in [-0.2, -0.15) is 0 Å². The lowest BCUT2D eigenvalue weighted by Gasteiger charge is -2.44. The molecule has 5 rings (SSSR count). The van der Waals surface area contributed by atoms with E-state index in [9.17, 15) is 14.0 Å². The van der Waals surface area contributed by atoms with Crippen molar-refractivity contribution in [2.45, 2.75) is 44.6 Å². The normalized spacial score (nSPS) is 20.6. The molecule has 0 spiro atoms. The van der Waals surface area contributed by atoms with Gasteiger partial charge in [0.15, 0.2) is 0 Å². The number of likely N-dealkylation sites (tertiary alicyclic amines) is 1. The SMILES string of the molecule is O=C(Nc1ccc(C(=O)N2CCC[C@@H]3CCCC[C@@H]32)cc1)c1ccc(F)c2ccccc12. The molecule has 1 N–H and O–H groups in total. The Bertz CT molecular complexity index is 1160. The van der Waals surface area contributed by atoms with Gasteiger partial charge in [0.2, 0.25) is 0 Å². The highest BCUT2D eigenvalue weighted by Crippen LogP contribution is 2.36. The fourth-order valence-electron chi connectivity index (χ4n) is 5.40. The number of nitrogens with one attached hydrogen (secondary N) is 1. The number of carbonyl (C=O) groups is 2. The number of halogens is 1. The van der Waals surface area contributed by atoms with Crippen molar-refractivity contribution in [3.63, 3.8) is 0 Å². The molecule has 2 atom stereocenters. The zero-order valence-corrected chi connectivity index (χ0v) is 18.0. The van der Waals surface area contributed by atoms with Gasteiger partial charge in [-0.3, -0.25) is 9.59 Å². The number of benzene rings is 3. The lowest BCUT2D eigenvalue weighted by Crippen LogP contribution is -2.49. The minimum atomic E-state index is -0.349. The zero-order valence-electron chi connectivity index (χ0n) is 18.0. The Morgan fingerprint density at radius 2 is 1.56 bits per heavy atom. The van der Waals surface area contributed by atoms with Crippen molar-refractivity contribution in [1.82, 2.24) is 4.90 Å². The van der Waals surface area contributed by atoms with Gasteiger partial charge < -0.3 is 10.2 Å². The van der Waals surface area contributed by atoms with Crippen molar-refractivity contribution < 1.29 is 14.0 Å². The van der Waals surface area contributed by atoms with E-state index in [0.29, 0.717) is 39.5 Å². The largest absolute Gasteiger partial charge is 0.335 e. The van der Waals surface area contributed by atoms with Gasteiger partial charge in [-0.25, -0.2) is 4.39 Å². The fraction of sp³-hybridized carbons (Fsp3) is 0.333. The van der Waals surface area contributed by atoms with Crippen molar-refractivity contribution in [2.24, 2.45) is 5.92 Å². The molecule has 3 aromatic carbocycles. The summed E-state index contributed by atoms with van der Waals surface area (Å²) in [4.78, 5) is 28.1. The molecule has 5 heteroatoms. The van der Waals surface area contributed by atoms with Crippen LogP contribution < -0.4 is 5.32 Å². The predicted octanol–water partition coefficient (Wildman–Crippen LogP) is 6.03. The molecule has 1 saturated carbocycles. The number of nitrogens with zero attached hydrogens (tertiary/aromatic N) is 1. The van der Waals surface area contributed by atoms with Crippen LogP contribution in [0.25, 0.3) is 10.8 Å². The van der Waals surface area contributed by atoms with Gasteiger partial charge in [-0.15, -0.1) is 0 Å². The van der Waals surface area contributed by atoms with Crippen LogP contribution in [0.15, 0.2) is 60.7 Å². The highest BCUT2D eigenvalue weighted by atomic mass is 19.1. The van der Waals surface area contributed by atoms with Crippen LogP contribution in [0.1, 0.15) is 59.2 Å². The first kappa shape index (κ1) is 20.7. The average molecular weight is 431 g/mol. The van der Waals surface area contributed by atoms with Gasteiger partial charge in [0, 0.05) is 34.8 Å². The van der Waals surface area contributed by atoms with Crippen molar-refractivity contribution in [3.05, 3.63) is 77.6 Å². The quantitative estimate of drug-likeness (QED) is 0.552. The minimum Gasteiger partial charge on any atom is -0.335 e. The number of hydrogen-bond acceptors (Lipinski definition) is 2. The van der Waals surface area contributed by atoms with E-state index >= 15 is 0 Å². The summed E-state index contributed by atoms with van der Waals surface area (Å²) in [6, 6.07) is 17.2. The van der Waals surface area contributed by atoms with Gasteiger partial charge >= 0.3 is 0 Å². The van der Waals surface area contributed by atoms with Crippen LogP contribution in [0.4, 0.5) is 10.1 Å². The molecule has 3 aromatic rings. The minimum absolute atomic E-state index is 0.0870. The van der Waals surface area contributed by atoms with Crippen LogP contribution in [0.3, 0.4) is 0 Å². The maximum atomic E-state index is 14.1. The highest BCUT2D eigenvalue weighted by molar-refractivity contribution is 6.13. The van der Waals surface area contributed by atoms with Crippen LogP contribution >= 0.6 is 0 Å². The number of carbonyl (C=O) groups excluding carboxylic acids is 2. The Balaban J connectivity index is 1.32. The molecule has 0 aromatic heterocycles. The van der Waals surface area contributed by atoms with Gasteiger partial charge in [0.05, 0.1) is 0 Å². The summed E-state index contributed by atoms with van der Waals surface area (Å²) in [5.74, 6) is 0.0776. The Morgan fingerprint density at radius 3 is 2.38 bits per heavy atom. The van der Waals surface area contributed by atoms with Crippen LogP contribution in [-0.4, -0.2) is 29.3 Å². The Kier molecular flexibility index (Phi) is 5.64. The van der Waals surface area contributed by atoms with Gasteiger partial charge in [0.25, 0.3) is 11.8 Å². The summed E-state index contributed by atoms with van der Waals surface area (Å²) in [6.07, 6.45) is 7.13. The number of anilines is 1. The van der Waals surface area contributed by atoms with Crippen LogP contribution in [0, 0.1) is 11.7 Å². The molecular weight excluding hydrogens is 403 g/mol. The third-order valence-corrected chi connectivity index (χ3v) is 7.01. The first-order valence-electron chi connectivity index (χ1n) is 11.5. The second-order valence-electron chi connectivity index (χ2n) is 8.92. The molecule has 0 bridgehead atoms. The summed E-state index contributed by atoms with van der Waals surface area (Å²) in [5, 5.41) is 3.87. The molecular formula is C27H27FN2O2. The second-order valence-corrected chi connectivity index (χ2v) is 8.92. The summed E-state index contributed by atoms with van der Waals surface area (Å²) < 4.78 is 14.1. The third-order valence-electron chi connectivity index (χ3n) is 7.01. The molecule has 2 aliphatic rings. The lowest BCUT2D eigenvalue weighted by molar-refractivity contribution is 0.0390. The summed E-state index contributed by atoms with van der Waals surface area (Å²) >= 11 is 0. The van der Waals surface area contributed by atoms with Crippen molar-refractivity contribution in [2.75, 3.05) is 11.9 Å². The van der Waals surface area contributed by atoms with E-state index in [2.05, 4.69) is 10.2 Å². The molecule has 32 heavy (non-hydrogen) atoms. The lowest BCUT2D eigenvalue weighted by atomic mass is 9.78. The zero-order chi connectivity index (χ0) is 22.1. The number of rotatable bonds is 3. The fourth-order valence-corrected chi connectivity index (χ4v) is 5.40. The second kappa shape index (κ2) is 8.73. The van der Waals surface area contributed by atoms with E-state index in [-0.39, 0.29) is 17.6 Å². The Hall–Kier alpha value is -3.21. The van der Waals surface area contributed by atoms with E-state index in [1.165, 1.54) is 37.8 Å². The number of fused-ring (bicyclic) bond motifs is 2. The number of hydrogen-bond donors (Lipinski definition) is 1. The molecule has 4 nitrogen and oxygen atoms in total. The number of piperidine rings is 1. The molecule has 0 radical (unpaired) electrons. The molecule has 1 heterocycles. The maximum Gasteiger partial charge on any atom is 0.256 e. The molecule has 0 unspecified atom stereocenters. The summed E-state index contributed by atoms with van der Waals surface area (Å²) in [6.45, 7) is 0.829. The van der Waals surface area contributed by atoms with E-state index < -0.39 is 0 Å². The first-order valence-corrected chi connectivity index (χ1v) is 11.5. The maximum absolute atomic E-state index is 14.1. The molecule has 1 saturated heterocycles. The monoisotopic (exact) mass is 430 g/mol. The molecule has 2 amide bonds. The predicted molar refractivity (Wildman–Crippen MR) is 124 cm³/mol.